The summed E-state index contributed by atoms with van der Waals surface area (Å²) in [6.07, 6.45) is 0.843. The molecule has 1 fully saturated rings. The Morgan fingerprint density at radius 2 is 2.15 bits per heavy atom. The molecule has 27 heavy (non-hydrogen) atoms. The van der Waals surface area contributed by atoms with Gasteiger partial charge in [-0.05, 0) is 44.4 Å². The molecule has 0 aromatic heterocycles. The normalized spacial score (nSPS) is 26.1. The van der Waals surface area contributed by atoms with Crippen molar-refractivity contribution in [3.05, 3.63) is 41.2 Å². The molecule has 1 spiro atoms. The number of nitrogens with zero attached hydrogens (tertiary/aromatic N) is 1. The van der Waals surface area contributed by atoms with Crippen molar-refractivity contribution in [2.24, 2.45) is 0 Å². The van der Waals surface area contributed by atoms with E-state index in [2.05, 4.69) is 16.3 Å². The third-order valence-electron chi connectivity index (χ3n) is 5.06. The fourth-order valence-electron chi connectivity index (χ4n) is 3.66. The fraction of sp³-hybridized carbons (Fsp3) is 0.526. The molecule has 146 valence electrons. The Morgan fingerprint density at radius 3 is 2.78 bits per heavy atom. The van der Waals surface area contributed by atoms with Gasteiger partial charge in [-0.2, -0.15) is 0 Å². The highest BCUT2D eigenvalue weighted by molar-refractivity contribution is 5.68. The minimum absolute atomic E-state index is 0.0360. The van der Waals surface area contributed by atoms with Crippen molar-refractivity contribution in [3.8, 4) is 5.75 Å². The number of hydrogen-bond acceptors (Lipinski definition) is 7. The molecule has 8 nitrogen and oxygen atoms in total. The molecule has 0 radical (unpaired) electrons. The molecular formula is C19H26N4O4. The summed E-state index contributed by atoms with van der Waals surface area (Å²) in [5, 5.41) is 4.82. The van der Waals surface area contributed by atoms with Gasteiger partial charge in [0.15, 0.2) is 0 Å². The maximum absolute atomic E-state index is 12.1. The standard InChI is InChI=1S/C19H26N4O4/c1-12(2)20-18(24)27-15-8-9-19(11-26-19)17-16(15)21-22-23(17)10-13-4-6-14(25-3)7-5-13/h4-7,12,15,21-22H,8-11H2,1-3H3,(H,20,24)/t15-,19-/m1/s1. The summed E-state index contributed by atoms with van der Waals surface area (Å²) in [5.74, 6) is 0.829. The zero-order chi connectivity index (χ0) is 19.0. The lowest BCUT2D eigenvalue weighted by molar-refractivity contribution is 0.0921. The smallest absolute Gasteiger partial charge is 0.407 e. The van der Waals surface area contributed by atoms with Crippen LogP contribution >= 0.6 is 0 Å². The zero-order valence-corrected chi connectivity index (χ0v) is 15.9. The van der Waals surface area contributed by atoms with E-state index in [4.69, 9.17) is 14.2 Å². The minimum Gasteiger partial charge on any atom is -0.497 e. The number of hydrogen-bond donors (Lipinski definition) is 3. The second-order valence-electron chi connectivity index (χ2n) is 7.45. The quantitative estimate of drug-likeness (QED) is 0.678. The van der Waals surface area contributed by atoms with Gasteiger partial charge in [0.25, 0.3) is 0 Å². The van der Waals surface area contributed by atoms with E-state index in [1.165, 1.54) is 0 Å². The molecule has 0 bridgehead atoms. The number of fused-ring (bicyclic) bond motifs is 1. The highest BCUT2D eigenvalue weighted by Crippen LogP contribution is 2.48. The Hall–Kier alpha value is -2.45. The van der Waals surface area contributed by atoms with Crippen LogP contribution in [0.1, 0.15) is 32.3 Å². The highest BCUT2D eigenvalue weighted by Gasteiger charge is 2.57. The van der Waals surface area contributed by atoms with Crippen LogP contribution in [0.2, 0.25) is 0 Å². The van der Waals surface area contributed by atoms with Crippen molar-refractivity contribution < 1.29 is 19.0 Å². The largest absolute Gasteiger partial charge is 0.497 e. The molecule has 1 aliphatic carbocycles. The maximum Gasteiger partial charge on any atom is 0.407 e. The fourth-order valence-corrected chi connectivity index (χ4v) is 3.66. The number of hydrazine groups is 2. The van der Waals surface area contributed by atoms with E-state index in [1.54, 1.807) is 7.11 Å². The molecule has 2 heterocycles. The van der Waals surface area contributed by atoms with Gasteiger partial charge in [-0.15, -0.1) is 5.53 Å². The Balaban J connectivity index is 1.52. The number of alkyl carbamates (subject to hydrolysis) is 1. The molecule has 2 atom stereocenters. The topological polar surface area (TPSA) is 87.4 Å². The summed E-state index contributed by atoms with van der Waals surface area (Å²) in [6, 6.07) is 7.99. The number of benzene rings is 1. The van der Waals surface area contributed by atoms with Crippen molar-refractivity contribution in [1.29, 1.82) is 0 Å². The van der Waals surface area contributed by atoms with Gasteiger partial charge in [0.05, 0.1) is 31.7 Å². The molecule has 0 unspecified atom stereocenters. The van der Waals surface area contributed by atoms with Gasteiger partial charge in [0.2, 0.25) is 0 Å². The Kier molecular flexibility index (Phi) is 4.61. The van der Waals surface area contributed by atoms with Crippen LogP contribution in [-0.2, 0) is 16.0 Å². The summed E-state index contributed by atoms with van der Waals surface area (Å²) in [4.78, 5) is 12.1. The second kappa shape index (κ2) is 6.94. The molecule has 0 saturated carbocycles. The van der Waals surface area contributed by atoms with Crippen molar-refractivity contribution in [1.82, 2.24) is 21.3 Å². The molecule has 3 N–H and O–H groups in total. The number of ether oxygens (including phenoxy) is 3. The number of epoxide rings is 1. The summed E-state index contributed by atoms with van der Waals surface area (Å²) in [6.45, 7) is 5.17. The lowest BCUT2D eigenvalue weighted by atomic mass is 9.88. The van der Waals surface area contributed by atoms with Crippen molar-refractivity contribution in [2.45, 2.75) is 51.0 Å². The average molecular weight is 374 g/mol. The average Bonchev–Trinajstić information content (AvgIpc) is 3.28. The molecular weight excluding hydrogens is 348 g/mol. The number of amides is 1. The molecule has 8 heteroatoms. The Bertz CT molecular complexity index is 743. The molecule has 3 aliphatic rings. The SMILES string of the molecule is COc1ccc(CN2NNC3=C2[C@@]2(CC[C@H]3OC(=O)NC(C)C)CO2)cc1. The van der Waals surface area contributed by atoms with E-state index in [1.807, 2.05) is 43.1 Å². The monoisotopic (exact) mass is 374 g/mol. The van der Waals surface area contributed by atoms with E-state index < -0.39 is 6.09 Å². The number of rotatable bonds is 5. The number of carbonyl (C=O) groups is 1. The van der Waals surface area contributed by atoms with Gasteiger partial charge in [0.1, 0.15) is 17.5 Å². The van der Waals surface area contributed by atoms with E-state index in [0.717, 1.165) is 35.5 Å². The van der Waals surface area contributed by atoms with E-state index in [9.17, 15) is 4.79 Å². The van der Waals surface area contributed by atoms with Gasteiger partial charge in [-0.1, -0.05) is 12.1 Å². The van der Waals surface area contributed by atoms with Crippen LogP contribution in [0.25, 0.3) is 0 Å². The number of methoxy groups -OCH3 is 1. The van der Waals surface area contributed by atoms with Crippen LogP contribution in [0.4, 0.5) is 4.79 Å². The highest BCUT2D eigenvalue weighted by atomic mass is 16.6. The molecule has 1 aromatic carbocycles. The molecule has 1 aromatic rings. The molecule has 1 saturated heterocycles. The lowest BCUT2D eigenvalue weighted by Gasteiger charge is -2.30. The second-order valence-corrected chi connectivity index (χ2v) is 7.45. The van der Waals surface area contributed by atoms with Gasteiger partial charge in [-0.25, -0.2) is 4.79 Å². The first-order valence-electron chi connectivity index (χ1n) is 9.28. The van der Waals surface area contributed by atoms with Crippen LogP contribution in [0, 0.1) is 0 Å². The van der Waals surface area contributed by atoms with Gasteiger partial charge in [-0.3, -0.25) is 5.01 Å². The minimum atomic E-state index is -0.398. The third-order valence-corrected chi connectivity index (χ3v) is 5.06. The van der Waals surface area contributed by atoms with Gasteiger partial charge < -0.3 is 25.0 Å². The van der Waals surface area contributed by atoms with E-state index >= 15 is 0 Å². The van der Waals surface area contributed by atoms with Crippen LogP contribution in [0.15, 0.2) is 35.7 Å². The Morgan fingerprint density at radius 1 is 1.41 bits per heavy atom. The van der Waals surface area contributed by atoms with Crippen molar-refractivity contribution >= 4 is 6.09 Å². The zero-order valence-electron chi connectivity index (χ0n) is 15.9. The van der Waals surface area contributed by atoms with Crippen LogP contribution in [0.3, 0.4) is 0 Å². The predicted octanol–water partition coefficient (Wildman–Crippen LogP) is 1.80. The number of nitrogens with one attached hydrogen (secondary N) is 3. The molecule has 4 rings (SSSR count). The predicted molar refractivity (Wildman–Crippen MR) is 98.3 cm³/mol. The first kappa shape index (κ1) is 17.9. The Labute approximate surface area is 158 Å². The molecule has 2 aliphatic heterocycles. The summed E-state index contributed by atoms with van der Waals surface area (Å²) in [5.41, 5.74) is 9.18. The third kappa shape index (κ3) is 3.54. The first-order chi connectivity index (χ1) is 13.0. The lowest BCUT2D eigenvalue weighted by Crippen LogP contribution is -2.40. The molecule has 1 amide bonds. The summed E-state index contributed by atoms with van der Waals surface area (Å²) < 4.78 is 16.7. The first-order valence-corrected chi connectivity index (χ1v) is 9.28. The van der Waals surface area contributed by atoms with Crippen molar-refractivity contribution in [2.75, 3.05) is 13.7 Å². The van der Waals surface area contributed by atoms with E-state index in [0.29, 0.717) is 13.2 Å². The maximum atomic E-state index is 12.1. The summed E-state index contributed by atoms with van der Waals surface area (Å²) >= 11 is 0. The van der Waals surface area contributed by atoms with E-state index in [-0.39, 0.29) is 17.7 Å². The van der Waals surface area contributed by atoms with Crippen LogP contribution in [-0.4, -0.2) is 42.6 Å². The van der Waals surface area contributed by atoms with Crippen LogP contribution < -0.4 is 21.0 Å². The van der Waals surface area contributed by atoms with Crippen LogP contribution in [0.5, 0.6) is 5.75 Å². The summed E-state index contributed by atoms with van der Waals surface area (Å²) in [7, 11) is 1.66. The van der Waals surface area contributed by atoms with Gasteiger partial charge in [0, 0.05) is 6.04 Å². The van der Waals surface area contributed by atoms with Gasteiger partial charge >= 0.3 is 6.09 Å². The number of carbonyl (C=O) groups excluding carboxylic acids is 1. The van der Waals surface area contributed by atoms with Crippen molar-refractivity contribution in [3.63, 3.8) is 0 Å².